The average Bonchev–Trinajstić information content (AvgIpc) is 2.48. The van der Waals surface area contributed by atoms with Gasteiger partial charge >= 0.3 is 0 Å². The van der Waals surface area contributed by atoms with Crippen LogP contribution in [0, 0.1) is 5.92 Å². The van der Waals surface area contributed by atoms with Gasteiger partial charge in [0.25, 0.3) is 0 Å². The first kappa shape index (κ1) is 16.3. The number of aliphatic hydroxyl groups is 1. The largest absolute Gasteiger partial charge is 0.391 e. The fourth-order valence-electron chi connectivity index (χ4n) is 3.81. The van der Waals surface area contributed by atoms with Gasteiger partial charge < -0.3 is 10.4 Å². The first-order valence-electron chi connectivity index (χ1n) is 8.80. The molecule has 0 amide bonds. The highest BCUT2D eigenvalue weighted by Gasteiger charge is 2.31. The molecule has 2 N–H and O–H groups in total. The van der Waals surface area contributed by atoms with E-state index in [-0.39, 0.29) is 6.10 Å². The molecule has 0 radical (unpaired) electrons. The second-order valence-electron chi connectivity index (χ2n) is 7.07. The zero-order valence-electron chi connectivity index (χ0n) is 13.6. The van der Waals surface area contributed by atoms with E-state index in [1.165, 1.54) is 38.5 Å². The maximum Gasteiger partial charge on any atom is 0.0695 e. The van der Waals surface area contributed by atoms with Gasteiger partial charge in [-0.1, -0.05) is 33.1 Å². The van der Waals surface area contributed by atoms with Crippen molar-refractivity contribution >= 4 is 0 Å². The number of nitrogens with one attached hydrogen (secondary N) is 1. The second-order valence-corrected chi connectivity index (χ2v) is 7.07. The van der Waals surface area contributed by atoms with E-state index in [2.05, 4.69) is 31.0 Å². The Morgan fingerprint density at radius 1 is 1.10 bits per heavy atom. The molecule has 0 aromatic heterocycles. The SMILES string of the molecule is CCC(C)C(C)NC1CCN(C2CCCCC2O)CC1. The maximum atomic E-state index is 10.2. The predicted molar refractivity (Wildman–Crippen MR) is 84.9 cm³/mol. The van der Waals surface area contributed by atoms with Gasteiger partial charge in [0.1, 0.15) is 0 Å². The van der Waals surface area contributed by atoms with E-state index in [1.807, 2.05) is 0 Å². The Morgan fingerprint density at radius 3 is 2.35 bits per heavy atom. The molecule has 0 bridgehead atoms. The molecule has 2 aliphatic rings. The molecule has 4 atom stereocenters. The number of nitrogens with zero attached hydrogens (tertiary/aromatic N) is 1. The number of rotatable bonds is 5. The van der Waals surface area contributed by atoms with Crippen LogP contribution in [0.3, 0.4) is 0 Å². The van der Waals surface area contributed by atoms with Crippen LogP contribution in [0.15, 0.2) is 0 Å². The summed E-state index contributed by atoms with van der Waals surface area (Å²) in [6, 6.07) is 1.74. The van der Waals surface area contributed by atoms with Crippen LogP contribution >= 0.6 is 0 Å². The molecule has 1 heterocycles. The van der Waals surface area contributed by atoms with Gasteiger partial charge in [0.15, 0.2) is 0 Å². The maximum absolute atomic E-state index is 10.2. The standard InChI is InChI=1S/C17H34N2O/c1-4-13(2)14(3)18-15-9-11-19(12-10-15)16-7-5-6-8-17(16)20/h13-18,20H,4-12H2,1-3H3. The zero-order valence-corrected chi connectivity index (χ0v) is 13.6. The van der Waals surface area contributed by atoms with Gasteiger partial charge in [0.05, 0.1) is 6.10 Å². The average molecular weight is 282 g/mol. The molecule has 0 spiro atoms. The third-order valence-corrected chi connectivity index (χ3v) is 5.69. The van der Waals surface area contributed by atoms with Crippen LogP contribution in [-0.4, -0.2) is 47.3 Å². The van der Waals surface area contributed by atoms with Gasteiger partial charge in [-0.15, -0.1) is 0 Å². The summed E-state index contributed by atoms with van der Waals surface area (Å²) < 4.78 is 0. The van der Waals surface area contributed by atoms with Crippen molar-refractivity contribution in [3.8, 4) is 0 Å². The molecule has 20 heavy (non-hydrogen) atoms. The van der Waals surface area contributed by atoms with Gasteiger partial charge in [-0.25, -0.2) is 0 Å². The van der Waals surface area contributed by atoms with E-state index in [1.54, 1.807) is 0 Å². The molecule has 0 aromatic rings. The Hall–Kier alpha value is -0.120. The second kappa shape index (κ2) is 7.77. The third kappa shape index (κ3) is 4.19. The molecular weight excluding hydrogens is 248 g/mol. The fourth-order valence-corrected chi connectivity index (χ4v) is 3.81. The number of piperidine rings is 1. The lowest BCUT2D eigenvalue weighted by molar-refractivity contribution is 0.00636. The van der Waals surface area contributed by atoms with Crippen molar-refractivity contribution in [1.82, 2.24) is 10.2 Å². The molecule has 1 aliphatic carbocycles. The van der Waals surface area contributed by atoms with Crippen LogP contribution in [0.1, 0.15) is 65.7 Å². The number of hydrogen-bond donors (Lipinski definition) is 2. The first-order chi connectivity index (χ1) is 9.61. The van der Waals surface area contributed by atoms with Crippen LogP contribution in [0.4, 0.5) is 0 Å². The van der Waals surface area contributed by atoms with Crippen molar-refractivity contribution in [2.45, 2.75) is 89.9 Å². The third-order valence-electron chi connectivity index (χ3n) is 5.69. The normalized spacial score (nSPS) is 33.0. The van der Waals surface area contributed by atoms with E-state index in [9.17, 15) is 5.11 Å². The topological polar surface area (TPSA) is 35.5 Å². The Morgan fingerprint density at radius 2 is 1.75 bits per heavy atom. The molecule has 118 valence electrons. The smallest absolute Gasteiger partial charge is 0.0695 e. The first-order valence-corrected chi connectivity index (χ1v) is 8.80. The Bertz CT molecular complexity index is 276. The minimum Gasteiger partial charge on any atom is -0.391 e. The summed E-state index contributed by atoms with van der Waals surface area (Å²) in [4.78, 5) is 2.55. The summed E-state index contributed by atoms with van der Waals surface area (Å²) >= 11 is 0. The van der Waals surface area contributed by atoms with Crippen molar-refractivity contribution in [1.29, 1.82) is 0 Å². The van der Waals surface area contributed by atoms with Crippen LogP contribution < -0.4 is 5.32 Å². The molecule has 3 nitrogen and oxygen atoms in total. The van der Waals surface area contributed by atoms with Crippen molar-refractivity contribution in [3.05, 3.63) is 0 Å². The van der Waals surface area contributed by atoms with Gasteiger partial charge in [-0.05, 0) is 38.5 Å². The summed E-state index contributed by atoms with van der Waals surface area (Å²) in [5, 5.41) is 14.0. The van der Waals surface area contributed by atoms with Crippen LogP contribution in [0.25, 0.3) is 0 Å². The summed E-state index contributed by atoms with van der Waals surface area (Å²) in [6.07, 6.45) is 8.37. The van der Waals surface area contributed by atoms with E-state index in [4.69, 9.17) is 0 Å². The van der Waals surface area contributed by atoms with Gasteiger partial charge in [0, 0.05) is 31.2 Å². The molecule has 4 unspecified atom stereocenters. The summed E-state index contributed by atoms with van der Waals surface area (Å²) in [5.74, 6) is 0.758. The Labute approximate surface area is 125 Å². The van der Waals surface area contributed by atoms with Crippen LogP contribution in [0.5, 0.6) is 0 Å². The van der Waals surface area contributed by atoms with Crippen LogP contribution in [0.2, 0.25) is 0 Å². The van der Waals surface area contributed by atoms with E-state index >= 15 is 0 Å². The number of hydrogen-bond acceptors (Lipinski definition) is 3. The minimum atomic E-state index is -0.0766. The zero-order chi connectivity index (χ0) is 14.5. The van der Waals surface area contributed by atoms with Crippen LogP contribution in [-0.2, 0) is 0 Å². The van der Waals surface area contributed by atoms with E-state index < -0.39 is 0 Å². The molecule has 2 fully saturated rings. The number of aliphatic hydroxyl groups excluding tert-OH is 1. The summed E-state index contributed by atoms with van der Waals surface area (Å²) in [6.45, 7) is 9.26. The van der Waals surface area contributed by atoms with Crippen molar-refractivity contribution in [2.75, 3.05) is 13.1 Å². The van der Waals surface area contributed by atoms with Crippen molar-refractivity contribution in [2.24, 2.45) is 5.92 Å². The molecular formula is C17H34N2O. The molecule has 2 rings (SSSR count). The predicted octanol–water partition coefficient (Wildman–Crippen LogP) is 2.78. The van der Waals surface area contributed by atoms with Gasteiger partial charge in [-0.3, -0.25) is 4.90 Å². The van der Waals surface area contributed by atoms with Gasteiger partial charge in [-0.2, -0.15) is 0 Å². The highest BCUT2D eigenvalue weighted by Crippen LogP contribution is 2.26. The lowest BCUT2D eigenvalue weighted by Gasteiger charge is -2.42. The fraction of sp³-hybridized carbons (Fsp3) is 1.00. The molecule has 3 heteroatoms. The molecule has 1 saturated carbocycles. The highest BCUT2D eigenvalue weighted by molar-refractivity contribution is 4.88. The lowest BCUT2D eigenvalue weighted by Crippen LogP contribution is -2.53. The minimum absolute atomic E-state index is 0.0766. The lowest BCUT2D eigenvalue weighted by atomic mass is 9.89. The highest BCUT2D eigenvalue weighted by atomic mass is 16.3. The molecule has 1 saturated heterocycles. The van der Waals surface area contributed by atoms with Crippen molar-refractivity contribution < 1.29 is 5.11 Å². The quantitative estimate of drug-likeness (QED) is 0.814. The summed E-state index contributed by atoms with van der Waals surface area (Å²) in [7, 11) is 0. The van der Waals surface area contributed by atoms with Crippen molar-refractivity contribution in [3.63, 3.8) is 0 Å². The summed E-state index contributed by atoms with van der Waals surface area (Å²) in [5.41, 5.74) is 0. The van der Waals surface area contributed by atoms with E-state index in [0.717, 1.165) is 25.4 Å². The van der Waals surface area contributed by atoms with E-state index in [0.29, 0.717) is 18.1 Å². The van der Waals surface area contributed by atoms with Gasteiger partial charge in [0.2, 0.25) is 0 Å². The Balaban J connectivity index is 1.74. The Kier molecular flexibility index (Phi) is 6.31. The molecule has 1 aliphatic heterocycles. The number of likely N-dealkylation sites (tertiary alicyclic amines) is 1. The molecule has 0 aromatic carbocycles. The monoisotopic (exact) mass is 282 g/mol.